The molecule has 3 aromatic rings. The Balaban J connectivity index is 1.95. The zero-order chi connectivity index (χ0) is 13.2. The highest BCUT2D eigenvalue weighted by molar-refractivity contribution is 7.16. The Hall–Kier alpha value is -2.34. The van der Waals surface area contributed by atoms with Crippen molar-refractivity contribution in [3.63, 3.8) is 0 Å². The van der Waals surface area contributed by atoms with Crippen LogP contribution in [0.25, 0.3) is 10.2 Å². The molecule has 5 nitrogen and oxygen atoms in total. The van der Waals surface area contributed by atoms with E-state index in [1.165, 1.54) is 0 Å². The maximum absolute atomic E-state index is 5.89. The number of anilines is 3. The van der Waals surface area contributed by atoms with Crippen LogP contribution < -0.4 is 15.8 Å². The standard InChI is InChI=1S/C13H12N4OS/c1-18-12-5-3-9(14)13(17-12)16-8-2-4-10-11(6-8)19-7-15-10/h2-7H,14H2,1H3,(H,16,17). The molecule has 19 heavy (non-hydrogen) atoms. The van der Waals surface area contributed by atoms with Gasteiger partial charge in [0.25, 0.3) is 0 Å². The smallest absolute Gasteiger partial charge is 0.215 e. The first-order chi connectivity index (χ1) is 9.26. The van der Waals surface area contributed by atoms with E-state index in [1.54, 1.807) is 30.6 Å². The first-order valence-electron chi connectivity index (χ1n) is 5.67. The third kappa shape index (κ3) is 2.30. The third-order valence-electron chi connectivity index (χ3n) is 2.70. The summed E-state index contributed by atoms with van der Waals surface area (Å²) < 4.78 is 6.21. The zero-order valence-electron chi connectivity index (χ0n) is 10.3. The Kier molecular flexibility index (Phi) is 2.92. The summed E-state index contributed by atoms with van der Waals surface area (Å²) in [5, 5.41) is 3.19. The number of thiazole rings is 1. The molecule has 0 aliphatic carbocycles. The van der Waals surface area contributed by atoms with Crippen molar-refractivity contribution in [2.75, 3.05) is 18.2 Å². The molecule has 0 unspecified atom stereocenters. The predicted octanol–water partition coefficient (Wildman–Crippen LogP) is 3.03. The van der Waals surface area contributed by atoms with Crippen LogP contribution in [0.2, 0.25) is 0 Å². The van der Waals surface area contributed by atoms with Crippen molar-refractivity contribution in [1.29, 1.82) is 0 Å². The number of benzene rings is 1. The molecular formula is C13H12N4OS. The van der Waals surface area contributed by atoms with Crippen molar-refractivity contribution in [2.24, 2.45) is 0 Å². The summed E-state index contributed by atoms with van der Waals surface area (Å²) in [4.78, 5) is 8.53. The van der Waals surface area contributed by atoms with E-state index >= 15 is 0 Å². The number of hydrogen-bond acceptors (Lipinski definition) is 6. The molecule has 0 bridgehead atoms. The minimum atomic E-state index is 0.524. The lowest BCUT2D eigenvalue weighted by molar-refractivity contribution is 0.398. The number of rotatable bonds is 3. The molecule has 0 radical (unpaired) electrons. The Morgan fingerprint density at radius 1 is 1.26 bits per heavy atom. The van der Waals surface area contributed by atoms with E-state index in [2.05, 4.69) is 15.3 Å². The molecular weight excluding hydrogens is 260 g/mol. The largest absolute Gasteiger partial charge is 0.481 e. The minimum Gasteiger partial charge on any atom is -0.481 e. The van der Waals surface area contributed by atoms with Crippen LogP contribution in [0.1, 0.15) is 0 Å². The fourth-order valence-corrected chi connectivity index (χ4v) is 2.45. The molecule has 3 rings (SSSR count). The van der Waals surface area contributed by atoms with Gasteiger partial charge in [0, 0.05) is 11.8 Å². The van der Waals surface area contributed by atoms with Gasteiger partial charge in [-0.2, -0.15) is 4.98 Å². The lowest BCUT2D eigenvalue weighted by atomic mass is 10.3. The summed E-state index contributed by atoms with van der Waals surface area (Å²) in [5.41, 5.74) is 10.2. The molecule has 1 aromatic carbocycles. The van der Waals surface area contributed by atoms with Crippen molar-refractivity contribution in [2.45, 2.75) is 0 Å². The Bertz CT molecular complexity index is 725. The number of nitrogens with two attached hydrogens (primary N) is 1. The summed E-state index contributed by atoms with van der Waals surface area (Å²) in [6.07, 6.45) is 0. The second kappa shape index (κ2) is 4.74. The predicted molar refractivity (Wildman–Crippen MR) is 78.1 cm³/mol. The average Bonchev–Trinajstić information content (AvgIpc) is 2.89. The van der Waals surface area contributed by atoms with Gasteiger partial charge in [0.1, 0.15) is 0 Å². The van der Waals surface area contributed by atoms with E-state index < -0.39 is 0 Å². The topological polar surface area (TPSA) is 73.1 Å². The van der Waals surface area contributed by atoms with Gasteiger partial charge in [-0.25, -0.2) is 4.98 Å². The first kappa shape index (κ1) is 11.7. The second-order valence-corrected chi connectivity index (χ2v) is 4.84. The summed E-state index contributed by atoms with van der Waals surface area (Å²) in [6.45, 7) is 0. The number of aromatic nitrogens is 2. The van der Waals surface area contributed by atoms with E-state index in [9.17, 15) is 0 Å². The number of pyridine rings is 1. The van der Waals surface area contributed by atoms with E-state index in [4.69, 9.17) is 10.5 Å². The molecule has 0 saturated carbocycles. The fourth-order valence-electron chi connectivity index (χ4n) is 1.74. The minimum absolute atomic E-state index is 0.524. The van der Waals surface area contributed by atoms with Gasteiger partial charge >= 0.3 is 0 Å². The summed E-state index contributed by atoms with van der Waals surface area (Å²) in [7, 11) is 1.58. The Morgan fingerprint density at radius 3 is 3.00 bits per heavy atom. The van der Waals surface area contributed by atoms with Crippen molar-refractivity contribution >= 4 is 38.7 Å². The molecule has 0 aliphatic rings. The van der Waals surface area contributed by atoms with Crippen molar-refractivity contribution in [1.82, 2.24) is 9.97 Å². The normalized spacial score (nSPS) is 10.6. The summed E-state index contributed by atoms with van der Waals surface area (Å²) >= 11 is 1.60. The molecule has 0 fully saturated rings. The molecule has 0 saturated heterocycles. The number of hydrogen-bond donors (Lipinski definition) is 2. The molecule has 0 atom stereocenters. The van der Waals surface area contributed by atoms with E-state index in [0.717, 1.165) is 15.9 Å². The van der Waals surface area contributed by atoms with Crippen LogP contribution in [0, 0.1) is 0 Å². The number of nitrogens with one attached hydrogen (secondary N) is 1. The van der Waals surface area contributed by atoms with Gasteiger partial charge in [0.15, 0.2) is 5.82 Å². The SMILES string of the molecule is COc1ccc(N)c(Nc2ccc3ncsc3c2)n1. The maximum Gasteiger partial charge on any atom is 0.215 e. The van der Waals surface area contributed by atoms with E-state index in [0.29, 0.717) is 17.4 Å². The lowest BCUT2D eigenvalue weighted by Gasteiger charge is -2.09. The van der Waals surface area contributed by atoms with Crippen molar-refractivity contribution in [3.8, 4) is 5.88 Å². The van der Waals surface area contributed by atoms with Gasteiger partial charge < -0.3 is 15.8 Å². The van der Waals surface area contributed by atoms with Gasteiger partial charge in [-0.15, -0.1) is 11.3 Å². The van der Waals surface area contributed by atoms with Crippen LogP contribution >= 0.6 is 11.3 Å². The van der Waals surface area contributed by atoms with Crippen LogP contribution in [0.5, 0.6) is 5.88 Å². The highest BCUT2D eigenvalue weighted by Crippen LogP contribution is 2.27. The number of nitrogen functional groups attached to an aromatic ring is 1. The second-order valence-electron chi connectivity index (χ2n) is 3.95. The molecule has 2 aromatic heterocycles. The summed E-state index contributed by atoms with van der Waals surface area (Å²) in [6, 6.07) is 9.42. The van der Waals surface area contributed by atoms with Crippen LogP contribution in [0.3, 0.4) is 0 Å². The number of nitrogens with zero attached hydrogens (tertiary/aromatic N) is 2. The Morgan fingerprint density at radius 2 is 2.16 bits per heavy atom. The summed E-state index contributed by atoms with van der Waals surface area (Å²) in [5.74, 6) is 1.11. The van der Waals surface area contributed by atoms with Crippen LogP contribution in [0.4, 0.5) is 17.2 Å². The van der Waals surface area contributed by atoms with Crippen LogP contribution in [-0.4, -0.2) is 17.1 Å². The van der Waals surface area contributed by atoms with Crippen LogP contribution in [0.15, 0.2) is 35.8 Å². The average molecular weight is 272 g/mol. The highest BCUT2D eigenvalue weighted by atomic mass is 32.1. The number of methoxy groups -OCH3 is 1. The molecule has 0 spiro atoms. The molecule has 0 aliphatic heterocycles. The van der Waals surface area contributed by atoms with Crippen LogP contribution in [-0.2, 0) is 0 Å². The van der Waals surface area contributed by atoms with E-state index in [-0.39, 0.29) is 0 Å². The first-order valence-corrected chi connectivity index (χ1v) is 6.55. The molecule has 6 heteroatoms. The molecule has 3 N–H and O–H groups in total. The molecule has 2 heterocycles. The van der Waals surface area contributed by atoms with Gasteiger partial charge in [0.2, 0.25) is 5.88 Å². The molecule has 0 amide bonds. The maximum atomic E-state index is 5.89. The lowest BCUT2D eigenvalue weighted by Crippen LogP contribution is -2.00. The van der Waals surface area contributed by atoms with Crippen molar-refractivity contribution in [3.05, 3.63) is 35.8 Å². The number of ether oxygens (including phenoxy) is 1. The van der Waals surface area contributed by atoms with E-state index in [1.807, 2.05) is 23.7 Å². The molecule has 96 valence electrons. The zero-order valence-corrected chi connectivity index (χ0v) is 11.1. The quantitative estimate of drug-likeness (QED) is 0.766. The van der Waals surface area contributed by atoms with Gasteiger partial charge in [-0.1, -0.05) is 0 Å². The monoisotopic (exact) mass is 272 g/mol. The Labute approximate surface area is 114 Å². The highest BCUT2D eigenvalue weighted by Gasteiger charge is 2.05. The third-order valence-corrected chi connectivity index (χ3v) is 3.50. The van der Waals surface area contributed by atoms with Crippen molar-refractivity contribution < 1.29 is 4.74 Å². The fraction of sp³-hybridized carbons (Fsp3) is 0.0769. The van der Waals surface area contributed by atoms with Gasteiger partial charge in [-0.05, 0) is 24.3 Å². The number of fused-ring (bicyclic) bond motifs is 1. The van der Waals surface area contributed by atoms with Gasteiger partial charge in [-0.3, -0.25) is 0 Å². The van der Waals surface area contributed by atoms with Gasteiger partial charge in [0.05, 0.1) is 28.5 Å².